The van der Waals surface area contributed by atoms with E-state index in [0.29, 0.717) is 22.2 Å². The second kappa shape index (κ2) is 6.70. The number of hydrogen-bond donors (Lipinski definition) is 2. The van der Waals surface area contributed by atoms with Crippen molar-refractivity contribution in [3.05, 3.63) is 63.6 Å². The lowest BCUT2D eigenvalue weighted by atomic mass is 10.1. The Hall–Kier alpha value is -1.91. The minimum Gasteiger partial charge on any atom is -0.409 e. The van der Waals surface area contributed by atoms with E-state index in [4.69, 9.17) is 34.1 Å². The minimum atomic E-state index is 0.0125. The molecule has 0 fully saturated rings. The Labute approximate surface area is 133 Å². The summed E-state index contributed by atoms with van der Waals surface area (Å²) in [6.07, 6.45) is 0. The molecule has 0 aliphatic heterocycles. The van der Waals surface area contributed by atoms with Crippen molar-refractivity contribution in [1.29, 1.82) is 0 Å². The topological polar surface area (TPSA) is 61.8 Å². The molecule has 21 heavy (non-hydrogen) atoms. The predicted octanol–water partition coefficient (Wildman–Crippen LogP) is 3.72. The fourth-order valence-electron chi connectivity index (χ4n) is 2.07. The summed E-state index contributed by atoms with van der Waals surface area (Å²) < 4.78 is 0. The van der Waals surface area contributed by atoms with Crippen molar-refractivity contribution in [1.82, 2.24) is 0 Å². The zero-order chi connectivity index (χ0) is 15.4. The van der Waals surface area contributed by atoms with Gasteiger partial charge in [0.1, 0.15) is 0 Å². The van der Waals surface area contributed by atoms with Gasteiger partial charge in [0.2, 0.25) is 0 Å². The van der Waals surface area contributed by atoms with Gasteiger partial charge in [0.15, 0.2) is 5.84 Å². The van der Waals surface area contributed by atoms with E-state index in [-0.39, 0.29) is 5.84 Å². The molecule has 0 bridgehead atoms. The molecular weight excluding hydrogens is 309 g/mol. The third-order valence-electron chi connectivity index (χ3n) is 3.12. The molecule has 0 heterocycles. The Morgan fingerprint density at radius 2 is 1.95 bits per heavy atom. The molecule has 6 heteroatoms. The molecule has 110 valence electrons. The summed E-state index contributed by atoms with van der Waals surface area (Å²) >= 11 is 12.2. The lowest BCUT2D eigenvalue weighted by Crippen LogP contribution is -2.22. The molecule has 4 nitrogen and oxygen atoms in total. The molecular formula is C15H15Cl2N3O. The first-order valence-corrected chi connectivity index (χ1v) is 7.00. The van der Waals surface area contributed by atoms with E-state index in [1.54, 1.807) is 12.1 Å². The van der Waals surface area contributed by atoms with E-state index >= 15 is 0 Å². The highest BCUT2D eigenvalue weighted by molar-refractivity contribution is 6.31. The van der Waals surface area contributed by atoms with Crippen LogP contribution in [0, 0.1) is 0 Å². The number of oxime groups is 1. The summed E-state index contributed by atoms with van der Waals surface area (Å²) in [7, 11) is 1.90. The van der Waals surface area contributed by atoms with Crippen LogP contribution in [-0.2, 0) is 6.54 Å². The van der Waals surface area contributed by atoms with Gasteiger partial charge in [-0.2, -0.15) is 0 Å². The van der Waals surface area contributed by atoms with Gasteiger partial charge in [0, 0.05) is 34.9 Å². The maximum absolute atomic E-state index is 8.90. The number of nitrogens with two attached hydrogens (primary N) is 1. The van der Waals surface area contributed by atoms with Gasteiger partial charge in [0.25, 0.3) is 0 Å². The van der Waals surface area contributed by atoms with Crippen LogP contribution >= 0.6 is 23.2 Å². The van der Waals surface area contributed by atoms with Crippen LogP contribution < -0.4 is 10.6 Å². The molecule has 3 N–H and O–H groups in total. The van der Waals surface area contributed by atoms with Crippen molar-refractivity contribution in [2.75, 3.05) is 11.9 Å². The van der Waals surface area contributed by atoms with E-state index < -0.39 is 0 Å². The zero-order valence-electron chi connectivity index (χ0n) is 11.4. The monoisotopic (exact) mass is 323 g/mol. The SMILES string of the molecule is CN(Cc1ccccc1Cl)c1ccc(Cl)cc1C(N)=NO. The highest BCUT2D eigenvalue weighted by atomic mass is 35.5. The number of amidine groups is 1. The van der Waals surface area contributed by atoms with Crippen LogP contribution in [0.15, 0.2) is 47.6 Å². The van der Waals surface area contributed by atoms with Crippen LogP contribution in [0.3, 0.4) is 0 Å². The molecule has 0 amide bonds. The first kappa shape index (κ1) is 15.5. The number of benzene rings is 2. The fourth-order valence-corrected chi connectivity index (χ4v) is 2.44. The predicted molar refractivity (Wildman–Crippen MR) is 87.5 cm³/mol. The van der Waals surface area contributed by atoms with Crippen LogP contribution in [0.4, 0.5) is 5.69 Å². The Kier molecular flexibility index (Phi) is 4.94. The van der Waals surface area contributed by atoms with Gasteiger partial charge in [-0.1, -0.05) is 46.6 Å². The van der Waals surface area contributed by atoms with Crippen LogP contribution in [0.25, 0.3) is 0 Å². The number of nitrogens with zero attached hydrogens (tertiary/aromatic N) is 2. The standard InChI is InChI=1S/C15H15Cl2N3O/c1-20(9-10-4-2-3-5-13(10)17)14-7-6-11(16)8-12(14)15(18)19-21/h2-8,21H,9H2,1H3,(H2,18,19). The van der Waals surface area contributed by atoms with Crippen molar-refractivity contribution in [2.45, 2.75) is 6.54 Å². The summed E-state index contributed by atoms with van der Waals surface area (Å²) in [4.78, 5) is 1.96. The van der Waals surface area contributed by atoms with Gasteiger partial charge in [-0.25, -0.2) is 0 Å². The second-order valence-corrected chi connectivity index (χ2v) is 5.44. The summed E-state index contributed by atoms with van der Waals surface area (Å²) in [6.45, 7) is 0.590. The van der Waals surface area contributed by atoms with Gasteiger partial charge in [0.05, 0.1) is 0 Å². The van der Waals surface area contributed by atoms with E-state index in [9.17, 15) is 0 Å². The molecule has 0 aromatic heterocycles. The number of anilines is 1. The Morgan fingerprint density at radius 1 is 1.24 bits per heavy atom. The molecule has 2 aromatic carbocycles. The summed E-state index contributed by atoms with van der Waals surface area (Å²) in [5.74, 6) is 0.0125. The highest BCUT2D eigenvalue weighted by Crippen LogP contribution is 2.26. The molecule has 0 radical (unpaired) electrons. The van der Waals surface area contributed by atoms with Crippen LogP contribution in [0.1, 0.15) is 11.1 Å². The third-order valence-corrected chi connectivity index (χ3v) is 3.72. The second-order valence-electron chi connectivity index (χ2n) is 4.59. The Morgan fingerprint density at radius 3 is 2.62 bits per heavy atom. The molecule has 2 aromatic rings. The molecule has 0 unspecified atom stereocenters. The van der Waals surface area contributed by atoms with Crippen LogP contribution in [-0.4, -0.2) is 18.1 Å². The number of rotatable bonds is 4. The quantitative estimate of drug-likeness (QED) is 0.390. The van der Waals surface area contributed by atoms with Crippen molar-refractivity contribution in [2.24, 2.45) is 10.9 Å². The van der Waals surface area contributed by atoms with Crippen molar-refractivity contribution in [3.8, 4) is 0 Å². The molecule has 0 saturated carbocycles. The van der Waals surface area contributed by atoms with E-state index in [2.05, 4.69) is 5.16 Å². The third kappa shape index (κ3) is 3.60. The van der Waals surface area contributed by atoms with Gasteiger partial charge >= 0.3 is 0 Å². The normalized spacial score (nSPS) is 11.5. The van der Waals surface area contributed by atoms with E-state index in [0.717, 1.165) is 11.3 Å². The van der Waals surface area contributed by atoms with E-state index in [1.807, 2.05) is 42.3 Å². The Bertz CT molecular complexity index is 674. The van der Waals surface area contributed by atoms with E-state index in [1.165, 1.54) is 0 Å². The lowest BCUT2D eigenvalue weighted by molar-refractivity contribution is 0.318. The molecule has 0 aliphatic rings. The van der Waals surface area contributed by atoms with Crippen molar-refractivity contribution >= 4 is 34.7 Å². The molecule has 0 saturated heterocycles. The minimum absolute atomic E-state index is 0.0125. The maximum Gasteiger partial charge on any atom is 0.172 e. The first-order valence-electron chi connectivity index (χ1n) is 6.25. The lowest BCUT2D eigenvalue weighted by Gasteiger charge is -2.23. The Balaban J connectivity index is 2.35. The van der Waals surface area contributed by atoms with Crippen molar-refractivity contribution in [3.63, 3.8) is 0 Å². The fraction of sp³-hybridized carbons (Fsp3) is 0.133. The number of hydrogen-bond acceptors (Lipinski definition) is 3. The van der Waals surface area contributed by atoms with Gasteiger partial charge < -0.3 is 15.8 Å². The average Bonchev–Trinajstić information content (AvgIpc) is 2.48. The maximum atomic E-state index is 8.90. The molecule has 2 rings (SSSR count). The average molecular weight is 324 g/mol. The molecule has 0 aliphatic carbocycles. The van der Waals surface area contributed by atoms with Crippen molar-refractivity contribution < 1.29 is 5.21 Å². The summed E-state index contributed by atoms with van der Waals surface area (Å²) in [5, 5.41) is 13.2. The summed E-state index contributed by atoms with van der Waals surface area (Å²) in [5.41, 5.74) is 8.07. The summed E-state index contributed by atoms with van der Waals surface area (Å²) in [6, 6.07) is 12.9. The number of halogens is 2. The first-order chi connectivity index (χ1) is 10.0. The highest BCUT2D eigenvalue weighted by Gasteiger charge is 2.13. The molecule has 0 atom stereocenters. The van der Waals surface area contributed by atoms with Crippen LogP contribution in [0.5, 0.6) is 0 Å². The van der Waals surface area contributed by atoms with Crippen LogP contribution in [0.2, 0.25) is 10.0 Å². The largest absolute Gasteiger partial charge is 0.409 e. The van der Waals surface area contributed by atoms with Gasteiger partial charge in [-0.05, 0) is 29.8 Å². The smallest absolute Gasteiger partial charge is 0.172 e. The zero-order valence-corrected chi connectivity index (χ0v) is 12.9. The van der Waals surface area contributed by atoms with Gasteiger partial charge in [-0.15, -0.1) is 0 Å². The van der Waals surface area contributed by atoms with Gasteiger partial charge in [-0.3, -0.25) is 0 Å². The molecule has 0 spiro atoms.